The molecule has 3 rings (SSSR count). The van der Waals surface area contributed by atoms with Crippen molar-refractivity contribution < 1.29 is 24.2 Å². The SMILES string of the molecule is CCOC(=O)c1[nH]ccc1NCc1ccccc1C1CN(C(=O)O)CCO1. The molecule has 3 N–H and O–H groups in total. The second-order valence-corrected chi connectivity index (χ2v) is 6.13. The number of hydrogen-bond acceptors (Lipinski definition) is 5. The molecule has 8 heteroatoms. The van der Waals surface area contributed by atoms with Crippen molar-refractivity contribution in [2.24, 2.45) is 0 Å². The van der Waals surface area contributed by atoms with Crippen molar-refractivity contribution in [1.29, 1.82) is 0 Å². The molecule has 1 amide bonds. The number of hydrogen-bond donors (Lipinski definition) is 3. The number of morpholine rings is 1. The highest BCUT2D eigenvalue weighted by atomic mass is 16.5. The molecule has 1 fully saturated rings. The smallest absolute Gasteiger partial charge is 0.407 e. The lowest BCUT2D eigenvalue weighted by molar-refractivity contribution is -0.0235. The number of nitrogens with one attached hydrogen (secondary N) is 2. The summed E-state index contributed by atoms with van der Waals surface area (Å²) in [6.45, 7) is 3.56. The van der Waals surface area contributed by atoms with Gasteiger partial charge >= 0.3 is 12.1 Å². The summed E-state index contributed by atoms with van der Waals surface area (Å²) in [5.41, 5.74) is 2.94. The van der Waals surface area contributed by atoms with Gasteiger partial charge in [0, 0.05) is 19.3 Å². The number of nitrogens with zero attached hydrogens (tertiary/aromatic N) is 1. The number of ether oxygens (including phenoxy) is 2. The Morgan fingerprint density at radius 2 is 2.19 bits per heavy atom. The number of aromatic amines is 1. The van der Waals surface area contributed by atoms with Gasteiger partial charge in [0.1, 0.15) is 11.8 Å². The Kier molecular flexibility index (Phi) is 5.97. The number of anilines is 1. The van der Waals surface area contributed by atoms with Crippen LogP contribution in [0, 0.1) is 0 Å². The zero-order valence-corrected chi connectivity index (χ0v) is 15.1. The summed E-state index contributed by atoms with van der Waals surface area (Å²) in [6, 6.07) is 9.50. The van der Waals surface area contributed by atoms with Crippen LogP contribution in [0.4, 0.5) is 10.5 Å². The van der Waals surface area contributed by atoms with Crippen LogP contribution in [0.3, 0.4) is 0 Å². The predicted molar refractivity (Wildman–Crippen MR) is 98.8 cm³/mol. The van der Waals surface area contributed by atoms with E-state index < -0.39 is 12.1 Å². The van der Waals surface area contributed by atoms with Crippen molar-refractivity contribution in [3.8, 4) is 0 Å². The minimum absolute atomic E-state index is 0.296. The van der Waals surface area contributed by atoms with Gasteiger partial charge in [-0.3, -0.25) is 0 Å². The van der Waals surface area contributed by atoms with Gasteiger partial charge in [-0.2, -0.15) is 0 Å². The maximum absolute atomic E-state index is 12.0. The highest BCUT2D eigenvalue weighted by Crippen LogP contribution is 2.26. The van der Waals surface area contributed by atoms with Crippen LogP contribution < -0.4 is 5.32 Å². The third kappa shape index (κ3) is 4.40. The van der Waals surface area contributed by atoms with Crippen molar-refractivity contribution >= 4 is 17.7 Å². The van der Waals surface area contributed by atoms with Crippen molar-refractivity contribution in [3.05, 3.63) is 53.3 Å². The van der Waals surface area contributed by atoms with Gasteiger partial charge in [-0.1, -0.05) is 24.3 Å². The standard InChI is InChI=1S/C19H23N3O5/c1-2-26-18(23)17-15(7-8-20-17)21-11-13-5-3-4-6-14(13)16-12-22(19(24)25)9-10-27-16/h3-8,16,20-21H,2,9-12H2,1H3,(H,24,25). The predicted octanol–water partition coefficient (Wildman–Crippen LogP) is 2.85. The summed E-state index contributed by atoms with van der Waals surface area (Å²) in [6.07, 6.45) is 0.420. The summed E-state index contributed by atoms with van der Waals surface area (Å²) in [7, 11) is 0. The molecule has 0 saturated carbocycles. The average molecular weight is 373 g/mol. The van der Waals surface area contributed by atoms with E-state index in [9.17, 15) is 14.7 Å². The maximum Gasteiger partial charge on any atom is 0.407 e. The van der Waals surface area contributed by atoms with E-state index in [1.807, 2.05) is 24.3 Å². The number of carbonyl (C=O) groups excluding carboxylic acids is 1. The lowest BCUT2D eigenvalue weighted by Gasteiger charge is -2.32. The topological polar surface area (TPSA) is 104 Å². The van der Waals surface area contributed by atoms with Crippen LogP contribution in [0.15, 0.2) is 36.5 Å². The largest absolute Gasteiger partial charge is 0.465 e. The summed E-state index contributed by atoms with van der Waals surface area (Å²) < 4.78 is 10.8. The Labute approximate surface area is 157 Å². The van der Waals surface area contributed by atoms with Crippen LogP contribution in [-0.4, -0.2) is 53.4 Å². The van der Waals surface area contributed by atoms with E-state index >= 15 is 0 Å². The number of aromatic nitrogens is 1. The zero-order valence-electron chi connectivity index (χ0n) is 15.1. The Hall–Kier alpha value is -3.00. The summed E-state index contributed by atoms with van der Waals surface area (Å²) in [4.78, 5) is 27.5. The quantitative estimate of drug-likeness (QED) is 0.673. The third-order valence-corrected chi connectivity index (χ3v) is 4.43. The van der Waals surface area contributed by atoms with Gasteiger partial charge in [-0.15, -0.1) is 0 Å². The molecule has 0 spiro atoms. The second-order valence-electron chi connectivity index (χ2n) is 6.13. The molecule has 1 saturated heterocycles. The lowest BCUT2D eigenvalue weighted by Crippen LogP contribution is -2.41. The number of carbonyl (C=O) groups is 2. The molecule has 8 nitrogen and oxygen atoms in total. The molecule has 0 radical (unpaired) electrons. The molecule has 0 bridgehead atoms. The van der Waals surface area contributed by atoms with Gasteiger partial charge in [0.25, 0.3) is 0 Å². The maximum atomic E-state index is 12.0. The van der Waals surface area contributed by atoms with Crippen LogP contribution in [0.5, 0.6) is 0 Å². The molecule has 0 aliphatic carbocycles. The van der Waals surface area contributed by atoms with Gasteiger partial charge in [0.05, 0.1) is 25.4 Å². The Morgan fingerprint density at radius 1 is 1.37 bits per heavy atom. The molecule has 2 aromatic rings. The van der Waals surface area contributed by atoms with E-state index in [-0.39, 0.29) is 6.10 Å². The lowest BCUT2D eigenvalue weighted by atomic mass is 10.0. The molecule has 27 heavy (non-hydrogen) atoms. The summed E-state index contributed by atoms with van der Waals surface area (Å²) >= 11 is 0. The fourth-order valence-electron chi connectivity index (χ4n) is 3.10. The number of benzene rings is 1. The van der Waals surface area contributed by atoms with Crippen molar-refractivity contribution in [2.45, 2.75) is 19.6 Å². The van der Waals surface area contributed by atoms with E-state index in [4.69, 9.17) is 9.47 Å². The van der Waals surface area contributed by atoms with E-state index in [1.54, 1.807) is 19.2 Å². The molecule has 1 aliphatic heterocycles. The fourth-order valence-corrected chi connectivity index (χ4v) is 3.10. The minimum Gasteiger partial charge on any atom is -0.465 e. The molecule has 1 atom stereocenters. The number of H-pyrrole nitrogens is 1. The summed E-state index contributed by atoms with van der Waals surface area (Å²) in [5, 5.41) is 12.5. The first-order chi connectivity index (χ1) is 13.1. The first kappa shape index (κ1) is 18.8. The Balaban J connectivity index is 1.73. The molecule has 1 unspecified atom stereocenters. The van der Waals surface area contributed by atoms with Crippen molar-refractivity contribution in [1.82, 2.24) is 9.88 Å². The molecule has 1 aromatic carbocycles. The van der Waals surface area contributed by atoms with Gasteiger partial charge < -0.3 is 29.8 Å². The molecule has 144 valence electrons. The molecule has 1 aromatic heterocycles. The van der Waals surface area contributed by atoms with Crippen LogP contribution in [0.1, 0.15) is 34.6 Å². The van der Waals surface area contributed by atoms with E-state index in [2.05, 4.69) is 10.3 Å². The van der Waals surface area contributed by atoms with Crippen molar-refractivity contribution in [3.63, 3.8) is 0 Å². The van der Waals surface area contributed by atoms with Gasteiger partial charge in [-0.25, -0.2) is 9.59 Å². The number of carboxylic acid groups (broad SMARTS) is 1. The van der Waals surface area contributed by atoms with Gasteiger partial charge in [0.15, 0.2) is 0 Å². The molecule has 2 heterocycles. The minimum atomic E-state index is -0.940. The van der Waals surface area contributed by atoms with Crippen LogP contribution >= 0.6 is 0 Å². The Bertz CT molecular complexity index is 804. The monoisotopic (exact) mass is 373 g/mol. The van der Waals surface area contributed by atoms with Crippen LogP contribution in [0.25, 0.3) is 0 Å². The average Bonchev–Trinajstić information content (AvgIpc) is 3.15. The molecular formula is C19H23N3O5. The molecule has 1 aliphatic rings. The van der Waals surface area contributed by atoms with Crippen molar-refractivity contribution in [2.75, 3.05) is 31.6 Å². The highest BCUT2D eigenvalue weighted by Gasteiger charge is 2.26. The first-order valence-corrected chi connectivity index (χ1v) is 8.85. The number of amides is 1. The normalized spacial score (nSPS) is 16.8. The summed E-state index contributed by atoms with van der Waals surface area (Å²) in [5.74, 6) is -0.411. The van der Waals surface area contributed by atoms with E-state index in [0.717, 1.165) is 11.1 Å². The third-order valence-electron chi connectivity index (χ3n) is 4.43. The van der Waals surface area contributed by atoms with Gasteiger partial charge in [0.2, 0.25) is 0 Å². The fraction of sp³-hybridized carbons (Fsp3) is 0.368. The first-order valence-electron chi connectivity index (χ1n) is 8.85. The van der Waals surface area contributed by atoms with Crippen LogP contribution in [-0.2, 0) is 16.0 Å². The van der Waals surface area contributed by atoms with E-state index in [1.165, 1.54) is 4.90 Å². The highest BCUT2D eigenvalue weighted by molar-refractivity contribution is 5.93. The van der Waals surface area contributed by atoms with Crippen LogP contribution in [0.2, 0.25) is 0 Å². The Morgan fingerprint density at radius 3 is 2.96 bits per heavy atom. The number of esters is 1. The zero-order chi connectivity index (χ0) is 19.2. The number of rotatable bonds is 6. The molecular weight excluding hydrogens is 350 g/mol. The van der Waals surface area contributed by atoms with E-state index in [0.29, 0.717) is 44.2 Å². The van der Waals surface area contributed by atoms with Gasteiger partial charge in [-0.05, 0) is 24.1 Å². The second kappa shape index (κ2) is 8.59.